The first kappa shape index (κ1) is 10.2. The molecule has 2 heteroatoms. The maximum absolute atomic E-state index is 5.73. The summed E-state index contributed by atoms with van der Waals surface area (Å²) in [5.74, 6) is 0.908. The van der Waals surface area contributed by atoms with Gasteiger partial charge < -0.3 is 4.74 Å². The summed E-state index contributed by atoms with van der Waals surface area (Å²) in [4.78, 5) is 1.36. The minimum absolute atomic E-state index is 0.908. The van der Waals surface area contributed by atoms with Crippen molar-refractivity contribution in [3.8, 4) is 10.8 Å². The maximum Gasteiger partial charge on any atom is 0.181 e. The topological polar surface area (TPSA) is 9.23 Å². The predicted octanol–water partition coefficient (Wildman–Crippen LogP) is 4.41. The molecule has 0 N–H and O–H groups in total. The summed E-state index contributed by atoms with van der Waals surface area (Å²) in [5, 5.41) is 0.968. The Morgan fingerprint density at radius 3 is 2.40 bits per heavy atom. The molecule has 2 aromatic rings. The van der Waals surface area contributed by atoms with Crippen LogP contribution in [0, 0.1) is 6.92 Å². The maximum atomic E-state index is 5.73. The summed E-state index contributed by atoms with van der Waals surface area (Å²) in [6.45, 7) is 4.23. The van der Waals surface area contributed by atoms with Crippen LogP contribution < -0.4 is 4.74 Å². The Morgan fingerprint density at radius 1 is 1.07 bits per heavy atom. The molecule has 15 heavy (non-hydrogen) atoms. The van der Waals surface area contributed by atoms with Crippen LogP contribution in [0.25, 0.3) is 0 Å². The van der Waals surface area contributed by atoms with Crippen molar-refractivity contribution in [1.29, 1.82) is 0 Å². The highest BCUT2D eigenvalue weighted by molar-refractivity contribution is 7.13. The summed E-state index contributed by atoms with van der Waals surface area (Å²) >= 11 is 1.71. The zero-order chi connectivity index (χ0) is 10.7. The second kappa shape index (κ2) is 4.49. The second-order valence-electron chi connectivity index (χ2n) is 3.49. The Morgan fingerprint density at radius 2 is 1.80 bits per heavy atom. The van der Waals surface area contributed by atoms with E-state index in [0.717, 1.165) is 17.2 Å². The van der Waals surface area contributed by atoms with Gasteiger partial charge in [0, 0.05) is 4.88 Å². The molecule has 1 aromatic carbocycles. The predicted molar refractivity (Wildman–Crippen MR) is 65.0 cm³/mol. The van der Waals surface area contributed by atoms with Crippen LogP contribution >= 0.6 is 11.3 Å². The molecule has 78 valence electrons. The summed E-state index contributed by atoms with van der Waals surface area (Å²) in [6.07, 6.45) is 1.07. The fraction of sp³-hybridized carbons (Fsp3) is 0.231. The van der Waals surface area contributed by atoms with E-state index in [4.69, 9.17) is 4.74 Å². The standard InChI is InChI=1S/C13H14OS/c1-3-12-8-9-13(15-12)14-11-6-4-10(2)5-7-11/h4-9H,3H2,1-2H3. The highest BCUT2D eigenvalue weighted by Gasteiger charge is 2.00. The van der Waals surface area contributed by atoms with Crippen molar-refractivity contribution < 1.29 is 4.74 Å². The lowest BCUT2D eigenvalue weighted by atomic mass is 10.2. The molecule has 0 radical (unpaired) electrons. The van der Waals surface area contributed by atoms with Crippen LogP contribution in [0.15, 0.2) is 36.4 Å². The van der Waals surface area contributed by atoms with E-state index in [-0.39, 0.29) is 0 Å². The molecule has 0 saturated carbocycles. The smallest absolute Gasteiger partial charge is 0.181 e. The van der Waals surface area contributed by atoms with Crippen molar-refractivity contribution in [2.75, 3.05) is 0 Å². The molecule has 0 fully saturated rings. The summed E-state index contributed by atoms with van der Waals surface area (Å²) in [5.41, 5.74) is 1.25. The Bertz CT molecular complexity index is 428. The van der Waals surface area contributed by atoms with Gasteiger partial charge in [-0.15, -0.1) is 11.3 Å². The largest absolute Gasteiger partial charge is 0.447 e. The first-order valence-electron chi connectivity index (χ1n) is 5.11. The minimum atomic E-state index is 0.908. The fourth-order valence-electron chi connectivity index (χ4n) is 1.33. The molecular formula is C13H14OS. The van der Waals surface area contributed by atoms with E-state index in [1.54, 1.807) is 11.3 Å². The molecule has 0 atom stereocenters. The summed E-state index contributed by atoms with van der Waals surface area (Å²) in [7, 11) is 0. The van der Waals surface area contributed by atoms with E-state index in [9.17, 15) is 0 Å². The van der Waals surface area contributed by atoms with Crippen LogP contribution in [0.1, 0.15) is 17.4 Å². The van der Waals surface area contributed by atoms with Gasteiger partial charge in [-0.3, -0.25) is 0 Å². The van der Waals surface area contributed by atoms with Crippen molar-refractivity contribution in [1.82, 2.24) is 0 Å². The van der Waals surface area contributed by atoms with E-state index < -0.39 is 0 Å². The number of thiophene rings is 1. The number of hydrogen-bond donors (Lipinski definition) is 0. The average molecular weight is 218 g/mol. The van der Waals surface area contributed by atoms with Crippen LogP contribution in [0.4, 0.5) is 0 Å². The van der Waals surface area contributed by atoms with Gasteiger partial charge in [0.1, 0.15) is 5.75 Å². The quantitative estimate of drug-likeness (QED) is 0.741. The van der Waals surface area contributed by atoms with Gasteiger partial charge in [-0.1, -0.05) is 24.6 Å². The average Bonchev–Trinajstić information content (AvgIpc) is 2.69. The Labute approximate surface area is 94.3 Å². The van der Waals surface area contributed by atoms with Gasteiger partial charge >= 0.3 is 0 Å². The molecule has 0 aliphatic heterocycles. The normalized spacial score (nSPS) is 10.3. The zero-order valence-electron chi connectivity index (χ0n) is 8.99. The number of aryl methyl sites for hydroxylation is 2. The first-order chi connectivity index (χ1) is 7.28. The molecule has 0 bridgehead atoms. The van der Waals surface area contributed by atoms with E-state index in [1.165, 1.54) is 10.4 Å². The van der Waals surface area contributed by atoms with Gasteiger partial charge in [0.15, 0.2) is 5.06 Å². The van der Waals surface area contributed by atoms with Crippen LogP contribution in [0.5, 0.6) is 10.8 Å². The Kier molecular flexibility index (Phi) is 3.07. The summed E-state index contributed by atoms with van der Waals surface area (Å²) < 4.78 is 5.73. The molecule has 0 aliphatic carbocycles. The molecule has 0 spiro atoms. The van der Waals surface area contributed by atoms with Crippen LogP contribution in [0.2, 0.25) is 0 Å². The third kappa shape index (κ3) is 2.60. The van der Waals surface area contributed by atoms with Gasteiger partial charge in [0.2, 0.25) is 0 Å². The third-order valence-electron chi connectivity index (χ3n) is 2.22. The molecule has 0 saturated heterocycles. The van der Waals surface area contributed by atoms with Crippen LogP contribution in [-0.2, 0) is 6.42 Å². The molecule has 2 rings (SSSR count). The van der Waals surface area contributed by atoms with Gasteiger partial charge in [-0.2, -0.15) is 0 Å². The van der Waals surface area contributed by atoms with E-state index in [2.05, 4.69) is 32.0 Å². The zero-order valence-corrected chi connectivity index (χ0v) is 9.80. The molecule has 1 nitrogen and oxygen atoms in total. The Hall–Kier alpha value is -1.28. The van der Waals surface area contributed by atoms with Gasteiger partial charge in [-0.05, 0) is 37.6 Å². The molecule has 0 unspecified atom stereocenters. The van der Waals surface area contributed by atoms with E-state index in [0.29, 0.717) is 0 Å². The number of rotatable bonds is 3. The lowest BCUT2D eigenvalue weighted by Gasteiger charge is -2.02. The van der Waals surface area contributed by atoms with Gasteiger partial charge in [-0.25, -0.2) is 0 Å². The lowest BCUT2D eigenvalue weighted by Crippen LogP contribution is -1.80. The fourth-order valence-corrected chi connectivity index (χ4v) is 2.14. The number of ether oxygens (including phenoxy) is 1. The van der Waals surface area contributed by atoms with Crippen molar-refractivity contribution >= 4 is 11.3 Å². The van der Waals surface area contributed by atoms with E-state index >= 15 is 0 Å². The van der Waals surface area contributed by atoms with Crippen molar-refractivity contribution in [2.45, 2.75) is 20.3 Å². The monoisotopic (exact) mass is 218 g/mol. The molecule has 0 aliphatic rings. The molecule has 1 aromatic heterocycles. The number of hydrogen-bond acceptors (Lipinski definition) is 2. The minimum Gasteiger partial charge on any atom is -0.447 e. The highest BCUT2D eigenvalue weighted by atomic mass is 32.1. The van der Waals surface area contributed by atoms with Crippen molar-refractivity contribution in [3.05, 3.63) is 46.8 Å². The Balaban J connectivity index is 2.11. The lowest BCUT2D eigenvalue weighted by molar-refractivity contribution is 0.496. The SMILES string of the molecule is CCc1ccc(Oc2ccc(C)cc2)s1. The van der Waals surface area contributed by atoms with Gasteiger partial charge in [0.25, 0.3) is 0 Å². The molecule has 1 heterocycles. The van der Waals surface area contributed by atoms with Crippen molar-refractivity contribution in [2.24, 2.45) is 0 Å². The van der Waals surface area contributed by atoms with Crippen LogP contribution in [-0.4, -0.2) is 0 Å². The third-order valence-corrected chi connectivity index (χ3v) is 3.33. The van der Waals surface area contributed by atoms with Gasteiger partial charge in [0.05, 0.1) is 0 Å². The molecular weight excluding hydrogens is 204 g/mol. The second-order valence-corrected chi connectivity index (χ2v) is 4.62. The summed E-state index contributed by atoms with van der Waals surface area (Å²) in [6, 6.07) is 12.3. The first-order valence-corrected chi connectivity index (χ1v) is 5.93. The van der Waals surface area contributed by atoms with Crippen molar-refractivity contribution in [3.63, 3.8) is 0 Å². The van der Waals surface area contributed by atoms with Crippen LogP contribution in [0.3, 0.4) is 0 Å². The number of benzene rings is 1. The molecule has 0 amide bonds. The van der Waals surface area contributed by atoms with E-state index in [1.807, 2.05) is 18.2 Å². The highest BCUT2D eigenvalue weighted by Crippen LogP contribution is 2.29.